The van der Waals surface area contributed by atoms with Crippen LogP contribution in [-0.4, -0.2) is 44.0 Å². The van der Waals surface area contributed by atoms with Crippen molar-refractivity contribution in [1.29, 1.82) is 0 Å². The molecule has 0 unspecified atom stereocenters. The van der Waals surface area contributed by atoms with Crippen molar-refractivity contribution in [3.8, 4) is 17.2 Å². The highest BCUT2D eigenvalue weighted by atomic mass is 16.5. The van der Waals surface area contributed by atoms with Crippen LogP contribution in [0.1, 0.15) is 42.2 Å². The Morgan fingerprint density at radius 1 is 0.600 bits per heavy atom. The van der Waals surface area contributed by atoms with Gasteiger partial charge in [0, 0.05) is 16.5 Å². The Bertz CT molecular complexity index is 1430. The van der Waals surface area contributed by atoms with Crippen LogP contribution in [0.15, 0.2) is 72.8 Å². The molecule has 35 heavy (non-hydrogen) atoms. The molecule has 0 heterocycles. The van der Waals surface area contributed by atoms with Crippen LogP contribution in [0, 0.1) is 0 Å². The smallest absolute Gasteiger partial charge is 0.337 e. The lowest BCUT2D eigenvalue weighted by Crippen LogP contribution is -2.11. The Kier molecular flexibility index (Phi) is 6.51. The van der Waals surface area contributed by atoms with E-state index in [2.05, 4.69) is 0 Å². The van der Waals surface area contributed by atoms with Crippen molar-refractivity contribution in [1.82, 2.24) is 0 Å². The summed E-state index contributed by atoms with van der Waals surface area (Å²) in [5, 5.41) is 10.7. The van der Waals surface area contributed by atoms with Crippen molar-refractivity contribution < 1.29 is 33.7 Å². The monoisotopic (exact) mass is 470 g/mol. The maximum absolute atomic E-state index is 13.8. The van der Waals surface area contributed by atoms with Gasteiger partial charge in [0.15, 0.2) is 11.6 Å². The summed E-state index contributed by atoms with van der Waals surface area (Å²) in [7, 11) is 4.17. The highest BCUT2D eigenvalue weighted by Crippen LogP contribution is 2.38. The fourth-order valence-corrected chi connectivity index (χ4v) is 3.95. The van der Waals surface area contributed by atoms with Crippen molar-refractivity contribution in [2.45, 2.75) is 0 Å². The quantitative estimate of drug-likeness (QED) is 0.306. The van der Waals surface area contributed by atoms with Crippen LogP contribution < -0.4 is 9.47 Å². The molecule has 0 aromatic heterocycles. The van der Waals surface area contributed by atoms with E-state index in [0.29, 0.717) is 33.2 Å². The molecule has 0 saturated carbocycles. The molecule has 176 valence electrons. The zero-order valence-electron chi connectivity index (χ0n) is 19.3. The van der Waals surface area contributed by atoms with Crippen LogP contribution >= 0.6 is 0 Å². The molecule has 4 aromatic rings. The van der Waals surface area contributed by atoms with Crippen molar-refractivity contribution in [3.05, 3.63) is 101 Å². The summed E-state index contributed by atoms with van der Waals surface area (Å²) >= 11 is 0. The fourth-order valence-electron chi connectivity index (χ4n) is 3.95. The number of hydrogen-bond donors (Lipinski definition) is 1. The Hall–Kier alpha value is -4.65. The molecule has 4 aromatic carbocycles. The first-order chi connectivity index (χ1) is 16.9. The zero-order chi connectivity index (χ0) is 25.1. The minimum Gasteiger partial charge on any atom is -0.508 e. The molecule has 0 radical (unpaired) electrons. The maximum Gasteiger partial charge on any atom is 0.337 e. The number of phenols is 1. The van der Waals surface area contributed by atoms with Gasteiger partial charge in [0.2, 0.25) is 0 Å². The van der Waals surface area contributed by atoms with Gasteiger partial charge in [-0.05, 0) is 53.9 Å². The number of aromatic hydroxyl groups is 1. The predicted octanol–water partition coefficient (Wildman–Crippen LogP) is 4.81. The van der Waals surface area contributed by atoms with Crippen molar-refractivity contribution in [3.63, 3.8) is 0 Å². The van der Waals surface area contributed by atoms with Gasteiger partial charge in [0.1, 0.15) is 17.2 Å². The molecule has 0 saturated heterocycles. The van der Waals surface area contributed by atoms with E-state index in [1.807, 2.05) is 0 Å². The molecule has 0 atom stereocenters. The largest absolute Gasteiger partial charge is 0.508 e. The van der Waals surface area contributed by atoms with E-state index in [-0.39, 0.29) is 28.4 Å². The van der Waals surface area contributed by atoms with E-state index in [0.717, 1.165) is 0 Å². The fraction of sp³-hybridized carbons (Fsp3) is 0.107. The van der Waals surface area contributed by atoms with Gasteiger partial charge in [-0.2, -0.15) is 0 Å². The third-order valence-corrected chi connectivity index (χ3v) is 5.70. The molecule has 0 fully saturated rings. The van der Waals surface area contributed by atoms with Crippen molar-refractivity contribution >= 4 is 28.3 Å². The number of benzene rings is 4. The topological polar surface area (TPSA) is 99.1 Å². The summed E-state index contributed by atoms with van der Waals surface area (Å²) in [6.07, 6.45) is 0. The minimum absolute atomic E-state index is 0.0272. The number of ether oxygens (including phenoxy) is 3. The Labute approximate surface area is 201 Å². The third kappa shape index (κ3) is 4.31. The van der Waals surface area contributed by atoms with Gasteiger partial charge in [0.25, 0.3) is 0 Å². The number of carbonyl (C=O) groups is 3. The number of ketones is 2. The van der Waals surface area contributed by atoms with Gasteiger partial charge in [-0.3, -0.25) is 9.59 Å². The molecule has 0 aliphatic heterocycles. The van der Waals surface area contributed by atoms with E-state index in [4.69, 9.17) is 14.2 Å². The number of methoxy groups -OCH3 is 3. The van der Waals surface area contributed by atoms with Crippen LogP contribution in [0.2, 0.25) is 0 Å². The van der Waals surface area contributed by atoms with Crippen LogP contribution in [0.4, 0.5) is 0 Å². The number of phenolic OH excluding ortho intramolecular Hbond substituents is 1. The SMILES string of the molecule is COC(=O)c1ccc(C(=O)c2c(OC)ccc3ccc(OC)c(C(=O)c4ccc(O)cc4)c23)cc1. The Morgan fingerprint density at radius 2 is 1.03 bits per heavy atom. The van der Waals surface area contributed by atoms with Crippen LogP contribution in [0.5, 0.6) is 17.2 Å². The lowest BCUT2D eigenvalue weighted by molar-refractivity contribution is 0.0600. The van der Waals surface area contributed by atoms with Gasteiger partial charge in [-0.1, -0.05) is 24.3 Å². The number of carbonyl (C=O) groups excluding carboxylic acids is 3. The number of rotatable bonds is 7. The molecule has 0 aliphatic carbocycles. The second-order valence-corrected chi connectivity index (χ2v) is 7.66. The number of hydrogen-bond acceptors (Lipinski definition) is 7. The van der Waals surface area contributed by atoms with Gasteiger partial charge < -0.3 is 19.3 Å². The molecule has 7 nitrogen and oxygen atoms in total. The minimum atomic E-state index is -0.516. The van der Waals surface area contributed by atoms with E-state index < -0.39 is 11.8 Å². The van der Waals surface area contributed by atoms with Crippen LogP contribution in [0.3, 0.4) is 0 Å². The lowest BCUT2D eigenvalue weighted by Gasteiger charge is -2.17. The zero-order valence-corrected chi connectivity index (χ0v) is 19.3. The molecule has 0 spiro atoms. The molecular weight excluding hydrogens is 448 g/mol. The van der Waals surface area contributed by atoms with Gasteiger partial charge >= 0.3 is 5.97 Å². The first-order valence-corrected chi connectivity index (χ1v) is 10.6. The number of esters is 1. The molecule has 0 amide bonds. The van der Waals surface area contributed by atoms with E-state index >= 15 is 0 Å². The lowest BCUT2D eigenvalue weighted by atomic mass is 9.89. The molecule has 7 heteroatoms. The molecule has 0 bridgehead atoms. The summed E-state index contributed by atoms with van der Waals surface area (Å²) in [4.78, 5) is 39.2. The normalized spacial score (nSPS) is 10.6. The van der Waals surface area contributed by atoms with Crippen LogP contribution in [0.25, 0.3) is 10.8 Å². The van der Waals surface area contributed by atoms with Gasteiger partial charge in [-0.25, -0.2) is 4.79 Å². The van der Waals surface area contributed by atoms with E-state index in [1.165, 1.54) is 69.9 Å². The average Bonchev–Trinajstić information content (AvgIpc) is 2.90. The first kappa shape index (κ1) is 23.5. The summed E-state index contributed by atoms with van der Waals surface area (Å²) < 4.78 is 15.8. The first-order valence-electron chi connectivity index (χ1n) is 10.6. The highest BCUT2D eigenvalue weighted by Gasteiger charge is 2.26. The third-order valence-electron chi connectivity index (χ3n) is 5.70. The Morgan fingerprint density at radius 3 is 1.46 bits per heavy atom. The molecule has 4 rings (SSSR count). The Balaban J connectivity index is 1.97. The summed E-state index contributed by atoms with van der Waals surface area (Å²) in [6.45, 7) is 0. The van der Waals surface area contributed by atoms with Crippen molar-refractivity contribution in [2.24, 2.45) is 0 Å². The van der Waals surface area contributed by atoms with Crippen LogP contribution in [-0.2, 0) is 4.74 Å². The maximum atomic E-state index is 13.8. The second kappa shape index (κ2) is 9.69. The molecule has 0 aliphatic rings. The highest BCUT2D eigenvalue weighted by molar-refractivity contribution is 6.26. The summed E-state index contributed by atoms with van der Waals surface area (Å²) in [6, 6.07) is 18.7. The van der Waals surface area contributed by atoms with E-state index in [1.54, 1.807) is 24.3 Å². The second-order valence-electron chi connectivity index (χ2n) is 7.66. The van der Waals surface area contributed by atoms with E-state index in [9.17, 15) is 19.5 Å². The standard InChI is InChI=1S/C28H22O7/c1-33-21-14-10-16-11-15-22(34-2)25(27(31)18-8-12-20(29)13-9-18)23(16)24(21)26(30)17-4-6-19(7-5-17)28(32)35-3/h4-15,29H,1-3H3. The average molecular weight is 470 g/mol. The summed E-state index contributed by atoms with van der Waals surface area (Å²) in [5.74, 6) is -0.684. The molecule has 1 N–H and O–H groups in total. The van der Waals surface area contributed by atoms with Crippen molar-refractivity contribution in [2.75, 3.05) is 21.3 Å². The van der Waals surface area contributed by atoms with Gasteiger partial charge in [0.05, 0.1) is 38.0 Å². The number of fused-ring (bicyclic) bond motifs is 1. The summed E-state index contributed by atoms with van der Waals surface area (Å²) in [5.41, 5.74) is 1.31. The predicted molar refractivity (Wildman–Crippen MR) is 130 cm³/mol. The molecular formula is C28H22O7. The van der Waals surface area contributed by atoms with Gasteiger partial charge in [-0.15, -0.1) is 0 Å².